The molecular weight excluding hydrogens is 234 g/mol. The van der Waals surface area contributed by atoms with Crippen LogP contribution in [0.25, 0.3) is 11.3 Å². The monoisotopic (exact) mass is 255 g/mol. The number of aromatic nitrogens is 2. The molecule has 0 bridgehead atoms. The maximum Gasteiger partial charge on any atom is 0.0926 e. The summed E-state index contributed by atoms with van der Waals surface area (Å²) in [4.78, 5) is 0. The zero-order chi connectivity index (χ0) is 13.7. The van der Waals surface area contributed by atoms with Gasteiger partial charge in [-0.2, -0.15) is 5.10 Å². The van der Waals surface area contributed by atoms with Gasteiger partial charge in [0, 0.05) is 29.3 Å². The molecule has 1 fully saturated rings. The van der Waals surface area contributed by atoms with Crippen LogP contribution in [0.4, 0.5) is 0 Å². The largest absolute Gasteiger partial charge is 0.324 e. The van der Waals surface area contributed by atoms with Crippen LogP contribution < -0.4 is 5.73 Å². The van der Waals surface area contributed by atoms with Crippen LogP contribution in [0, 0.1) is 0 Å². The van der Waals surface area contributed by atoms with Gasteiger partial charge in [0.25, 0.3) is 0 Å². The highest BCUT2D eigenvalue weighted by Crippen LogP contribution is 2.49. The summed E-state index contributed by atoms with van der Waals surface area (Å²) in [5, 5.41) is 4.65. The van der Waals surface area contributed by atoms with Crippen LogP contribution in [0.2, 0.25) is 0 Å². The Kier molecular flexibility index (Phi) is 2.58. The predicted octanol–water partition coefficient (Wildman–Crippen LogP) is 2.86. The molecule has 0 atom stereocenters. The molecule has 0 aliphatic heterocycles. The third kappa shape index (κ3) is 1.89. The lowest BCUT2D eigenvalue weighted by Crippen LogP contribution is -2.44. The van der Waals surface area contributed by atoms with Crippen molar-refractivity contribution in [3.63, 3.8) is 0 Å². The molecule has 1 saturated carbocycles. The second-order valence-corrected chi connectivity index (χ2v) is 6.19. The minimum absolute atomic E-state index is 0.0399. The van der Waals surface area contributed by atoms with Crippen molar-refractivity contribution in [2.75, 3.05) is 0 Å². The van der Waals surface area contributed by atoms with Gasteiger partial charge in [0.05, 0.1) is 5.69 Å². The van der Waals surface area contributed by atoms with Crippen molar-refractivity contribution >= 4 is 0 Å². The van der Waals surface area contributed by atoms with Gasteiger partial charge in [-0.1, -0.05) is 44.2 Å². The summed E-state index contributed by atoms with van der Waals surface area (Å²) in [6, 6.07) is 12.5. The number of hydrogen-bond donors (Lipinski definition) is 1. The highest BCUT2D eigenvalue weighted by molar-refractivity contribution is 5.59. The summed E-state index contributed by atoms with van der Waals surface area (Å²) < 4.78 is 1.98. The van der Waals surface area contributed by atoms with E-state index in [9.17, 15) is 0 Å². The van der Waals surface area contributed by atoms with Crippen LogP contribution >= 0.6 is 0 Å². The molecule has 3 rings (SSSR count). The molecule has 1 aliphatic rings. The Bertz CT molecular complexity index is 592. The number of benzene rings is 1. The van der Waals surface area contributed by atoms with Crippen LogP contribution in [0.1, 0.15) is 32.4 Å². The van der Waals surface area contributed by atoms with E-state index in [1.807, 2.05) is 29.9 Å². The predicted molar refractivity (Wildman–Crippen MR) is 77.8 cm³/mol. The number of nitrogens with two attached hydrogens (primary N) is 1. The van der Waals surface area contributed by atoms with E-state index in [2.05, 4.69) is 37.1 Å². The Morgan fingerprint density at radius 1 is 1.21 bits per heavy atom. The van der Waals surface area contributed by atoms with Crippen molar-refractivity contribution in [1.29, 1.82) is 0 Å². The second-order valence-electron chi connectivity index (χ2n) is 6.19. The Labute approximate surface area is 114 Å². The normalized spacial score (nSPS) is 17.5. The van der Waals surface area contributed by atoms with Gasteiger partial charge in [0.1, 0.15) is 0 Å². The van der Waals surface area contributed by atoms with Crippen molar-refractivity contribution in [2.45, 2.75) is 37.6 Å². The maximum absolute atomic E-state index is 6.43. The Morgan fingerprint density at radius 2 is 1.84 bits per heavy atom. The van der Waals surface area contributed by atoms with Crippen molar-refractivity contribution < 1.29 is 0 Å². The van der Waals surface area contributed by atoms with Crippen LogP contribution in [0.5, 0.6) is 0 Å². The lowest BCUT2D eigenvalue weighted by molar-refractivity contribution is 0.365. The summed E-state index contributed by atoms with van der Waals surface area (Å²) >= 11 is 0. The molecule has 1 aliphatic carbocycles. The maximum atomic E-state index is 6.43. The van der Waals surface area contributed by atoms with E-state index >= 15 is 0 Å². The highest BCUT2D eigenvalue weighted by atomic mass is 15.3. The van der Waals surface area contributed by atoms with E-state index < -0.39 is 0 Å². The smallest absolute Gasteiger partial charge is 0.0926 e. The van der Waals surface area contributed by atoms with Gasteiger partial charge in [-0.3, -0.25) is 4.68 Å². The summed E-state index contributed by atoms with van der Waals surface area (Å²) in [7, 11) is 2.01. The SMILES string of the molecule is Cn1nc(-c2ccccc2)cc1C(C)(C)C1(N)CC1. The van der Waals surface area contributed by atoms with Crippen molar-refractivity contribution in [3.8, 4) is 11.3 Å². The van der Waals surface area contributed by atoms with Crippen LogP contribution in [0.15, 0.2) is 36.4 Å². The average Bonchev–Trinajstić information content (AvgIpc) is 3.02. The topological polar surface area (TPSA) is 43.8 Å². The minimum atomic E-state index is -0.0608. The fourth-order valence-corrected chi connectivity index (χ4v) is 2.82. The molecule has 1 aromatic carbocycles. The zero-order valence-corrected chi connectivity index (χ0v) is 11.9. The molecule has 0 saturated heterocycles. The Hall–Kier alpha value is -1.61. The van der Waals surface area contributed by atoms with Gasteiger partial charge in [-0.25, -0.2) is 0 Å². The minimum Gasteiger partial charge on any atom is -0.324 e. The van der Waals surface area contributed by atoms with Crippen LogP contribution in [-0.2, 0) is 12.5 Å². The first-order valence-electron chi connectivity index (χ1n) is 6.83. The molecule has 1 aromatic heterocycles. The second kappa shape index (κ2) is 3.94. The molecule has 19 heavy (non-hydrogen) atoms. The average molecular weight is 255 g/mol. The lowest BCUT2D eigenvalue weighted by atomic mass is 9.79. The third-order valence-corrected chi connectivity index (χ3v) is 4.62. The fourth-order valence-electron chi connectivity index (χ4n) is 2.82. The molecule has 3 nitrogen and oxygen atoms in total. The Balaban J connectivity index is 2.03. The molecule has 0 amide bonds. The van der Waals surface area contributed by atoms with Crippen LogP contribution in [-0.4, -0.2) is 15.3 Å². The molecule has 100 valence electrons. The molecule has 0 radical (unpaired) electrons. The zero-order valence-electron chi connectivity index (χ0n) is 11.9. The van der Waals surface area contributed by atoms with E-state index in [0.717, 1.165) is 24.1 Å². The van der Waals surface area contributed by atoms with Crippen molar-refractivity contribution in [3.05, 3.63) is 42.1 Å². The molecule has 1 heterocycles. The number of aryl methyl sites for hydroxylation is 1. The number of hydrogen-bond acceptors (Lipinski definition) is 2. The fraction of sp³-hybridized carbons (Fsp3) is 0.438. The quantitative estimate of drug-likeness (QED) is 0.916. The first-order chi connectivity index (χ1) is 8.94. The van der Waals surface area contributed by atoms with E-state index in [1.54, 1.807) is 0 Å². The first-order valence-corrected chi connectivity index (χ1v) is 6.83. The highest BCUT2D eigenvalue weighted by Gasteiger charge is 2.53. The van der Waals surface area contributed by atoms with Gasteiger partial charge in [0.15, 0.2) is 0 Å². The Morgan fingerprint density at radius 3 is 2.42 bits per heavy atom. The summed E-state index contributed by atoms with van der Waals surface area (Å²) in [6.45, 7) is 4.46. The van der Waals surface area contributed by atoms with E-state index in [0.29, 0.717) is 0 Å². The summed E-state index contributed by atoms with van der Waals surface area (Å²) in [5.74, 6) is 0. The van der Waals surface area contributed by atoms with E-state index in [4.69, 9.17) is 5.73 Å². The molecule has 2 N–H and O–H groups in total. The van der Waals surface area contributed by atoms with Gasteiger partial charge >= 0.3 is 0 Å². The molecule has 3 heteroatoms. The number of rotatable bonds is 3. The summed E-state index contributed by atoms with van der Waals surface area (Å²) in [5.41, 5.74) is 9.72. The van der Waals surface area contributed by atoms with Gasteiger partial charge < -0.3 is 5.73 Å². The molecule has 0 unspecified atom stereocenters. The van der Waals surface area contributed by atoms with Crippen molar-refractivity contribution in [2.24, 2.45) is 12.8 Å². The number of nitrogens with zero attached hydrogens (tertiary/aromatic N) is 2. The summed E-state index contributed by atoms with van der Waals surface area (Å²) in [6.07, 6.45) is 2.21. The molecule has 0 spiro atoms. The lowest BCUT2D eigenvalue weighted by Gasteiger charge is -2.31. The van der Waals surface area contributed by atoms with E-state index in [-0.39, 0.29) is 11.0 Å². The first kappa shape index (κ1) is 12.4. The van der Waals surface area contributed by atoms with Crippen LogP contribution in [0.3, 0.4) is 0 Å². The van der Waals surface area contributed by atoms with E-state index in [1.165, 1.54) is 5.69 Å². The standard InChI is InChI=1S/C16H21N3/c1-15(2,16(17)9-10-16)14-11-13(18-19(14)3)12-7-5-4-6-8-12/h4-8,11H,9-10,17H2,1-3H3. The van der Waals surface area contributed by atoms with Crippen molar-refractivity contribution in [1.82, 2.24) is 9.78 Å². The third-order valence-electron chi connectivity index (χ3n) is 4.62. The van der Waals surface area contributed by atoms with Gasteiger partial charge in [0.2, 0.25) is 0 Å². The van der Waals surface area contributed by atoms with Gasteiger partial charge in [-0.15, -0.1) is 0 Å². The molecule has 2 aromatic rings. The molecular formula is C16H21N3. The van der Waals surface area contributed by atoms with Gasteiger partial charge in [-0.05, 0) is 18.9 Å².